The van der Waals surface area contributed by atoms with E-state index < -0.39 is 0 Å². The topological polar surface area (TPSA) is 65.7 Å². The lowest BCUT2D eigenvalue weighted by Gasteiger charge is -2.11. The van der Waals surface area contributed by atoms with Crippen LogP contribution in [0.5, 0.6) is 11.5 Å². The first-order chi connectivity index (χ1) is 13.0. The summed E-state index contributed by atoms with van der Waals surface area (Å²) < 4.78 is 13.3. The lowest BCUT2D eigenvalue weighted by molar-refractivity contribution is 0.288. The number of aryl methyl sites for hydroxylation is 1. The molecule has 0 N–H and O–H groups in total. The van der Waals surface area contributed by atoms with Gasteiger partial charge in [-0.15, -0.1) is 0 Å². The molecule has 27 heavy (non-hydrogen) atoms. The fourth-order valence-electron chi connectivity index (χ4n) is 2.67. The van der Waals surface area contributed by atoms with E-state index in [4.69, 9.17) is 9.47 Å². The number of hydrogen-bond donors (Lipinski definition) is 0. The van der Waals surface area contributed by atoms with E-state index >= 15 is 0 Å². The Morgan fingerprint density at radius 2 is 1.85 bits per heavy atom. The first-order valence-electron chi connectivity index (χ1n) is 8.66. The maximum Gasteiger partial charge on any atom is 0.282 e. The van der Waals surface area contributed by atoms with Gasteiger partial charge in [0, 0.05) is 4.47 Å². The fraction of sp³-hybridized carbons (Fsp3) is 0.250. The molecule has 0 unspecified atom stereocenters. The summed E-state index contributed by atoms with van der Waals surface area (Å²) in [5.74, 6) is 1.84. The molecule has 0 saturated heterocycles. The van der Waals surface area contributed by atoms with E-state index in [1.165, 1.54) is 4.68 Å². The molecule has 0 aliphatic heterocycles. The van der Waals surface area contributed by atoms with E-state index in [1.54, 1.807) is 19.2 Å². The molecule has 0 aliphatic rings. The van der Waals surface area contributed by atoms with Crippen molar-refractivity contribution in [1.29, 1.82) is 0 Å². The zero-order valence-corrected chi connectivity index (χ0v) is 17.0. The van der Waals surface area contributed by atoms with Crippen LogP contribution in [0.2, 0.25) is 0 Å². The van der Waals surface area contributed by atoms with Crippen molar-refractivity contribution >= 4 is 33.0 Å². The first-order valence-corrected chi connectivity index (χ1v) is 9.45. The average Bonchev–Trinajstić information content (AvgIpc) is 2.64. The third-order valence-corrected chi connectivity index (χ3v) is 4.35. The maximum atomic E-state index is 12.8. The van der Waals surface area contributed by atoms with Crippen LogP contribution in [0.4, 0.5) is 0 Å². The first kappa shape index (κ1) is 19.1. The Balaban J connectivity index is 2.01. The van der Waals surface area contributed by atoms with Crippen molar-refractivity contribution in [2.24, 2.45) is 5.10 Å². The molecule has 7 heteroatoms. The van der Waals surface area contributed by atoms with Crippen molar-refractivity contribution in [3.63, 3.8) is 0 Å². The third kappa shape index (κ3) is 4.19. The summed E-state index contributed by atoms with van der Waals surface area (Å²) in [7, 11) is 0. The Hall–Kier alpha value is -2.67. The Morgan fingerprint density at radius 3 is 2.59 bits per heavy atom. The molecule has 6 nitrogen and oxygen atoms in total. The highest BCUT2D eigenvalue weighted by molar-refractivity contribution is 9.10. The minimum absolute atomic E-state index is 0.217. The summed E-state index contributed by atoms with van der Waals surface area (Å²) in [5.41, 5.74) is 1.22. The van der Waals surface area contributed by atoms with Crippen molar-refractivity contribution in [1.82, 2.24) is 9.66 Å². The number of halogens is 1. The molecule has 0 spiro atoms. The number of ether oxygens (including phenoxy) is 2. The van der Waals surface area contributed by atoms with Gasteiger partial charge < -0.3 is 9.47 Å². The predicted octanol–water partition coefficient (Wildman–Crippen LogP) is 4.15. The molecule has 1 heterocycles. The molecule has 3 aromatic rings. The Bertz CT molecular complexity index is 1060. The number of benzene rings is 2. The smallest absolute Gasteiger partial charge is 0.282 e. The van der Waals surface area contributed by atoms with Crippen molar-refractivity contribution in [3.05, 3.63) is 62.6 Å². The van der Waals surface area contributed by atoms with Gasteiger partial charge in [-0.05, 0) is 62.7 Å². The number of fused-ring (bicyclic) bond motifs is 1. The van der Waals surface area contributed by atoms with Crippen LogP contribution in [-0.2, 0) is 0 Å². The second-order valence-electron chi connectivity index (χ2n) is 5.75. The van der Waals surface area contributed by atoms with Crippen LogP contribution >= 0.6 is 15.9 Å². The average molecular weight is 430 g/mol. The monoisotopic (exact) mass is 429 g/mol. The van der Waals surface area contributed by atoms with E-state index in [-0.39, 0.29) is 5.56 Å². The van der Waals surface area contributed by atoms with Crippen LogP contribution in [-0.4, -0.2) is 29.1 Å². The molecule has 140 valence electrons. The van der Waals surface area contributed by atoms with Crippen molar-refractivity contribution in [2.75, 3.05) is 13.2 Å². The second-order valence-corrected chi connectivity index (χ2v) is 6.67. The molecule has 0 atom stereocenters. The fourth-order valence-corrected chi connectivity index (χ4v) is 3.03. The van der Waals surface area contributed by atoms with Gasteiger partial charge in [0.2, 0.25) is 0 Å². The zero-order valence-electron chi connectivity index (χ0n) is 15.4. The number of hydrogen-bond acceptors (Lipinski definition) is 5. The van der Waals surface area contributed by atoms with Crippen LogP contribution in [0.15, 0.2) is 50.8 Å². The zero-order chi connectivity index (χ0) is 19.4. The van der Waals surface area contributed by atoms with E-state index in [0.717, 1.165) is 10.0 Å². The molecule has 0 amide bonds. The number of nitrogens with zero attached hydrogens (tertiary/aromatic N) is 3. The van der Waals surface area contributed by atoms with E-state index in [2.05, 4.69) is 26.0 Å². The second kappa shape index (κ2) is 8.35. The highest BCUT2D eigenvalue weighted by Crippen LogP contribution is 2.28. The number of rotatable bonds is 6. The summed E-state index contributed by atoms with van der Waals surface area (Å²) in [6.07, 6.45) is 1.61. The van der Waals surface area contributed by atoms with Gasteiger partial charge in [0.25, 0.3) is 5.56 Å². The summed E-state index contributed by atoms with van der Waals surface area (Å²) in [6.45, 7) is 6.68. The van der Waals surface area contributed by atoms with Crippen molar-refractivity contribution in [3.8, 4) is 11.5 Å². The summed E-state index contributed by atoms with van der Waals surface area (Å²) in [6, 6.07) is 11.0. The molecule has 0 saturated carbocycles. The van der Waals surface area contributed by atoms with Gasteiger partial charge in [0.05, 0.1) is 30.3 Å². The highest BCUT2D eigenvalue weighted by atomic mass is 79.9. The molecule has 1 aromatic heterocycles. The SMILES string of the molecule is CCOc1ccc(C=Nn2c(C)nc3ccc(Br)cc3c2=O)cc1OCC. The van der Waals surface area contributed by atoms with Crippen LogP contribution in [0, 0.1) is 6.92 Å². The van der Waals surface area contributed by atoms with Crippen molar-refractivity contribution < 1.29 is 9.47 Å². The van der Waals surface area contributed by atoms with E-state index in [0.29, 0.717) is 41.4 Å². The van der Waals surface area contributed by atoms with Gasteiger partial charge in [-0.1, -0.05) is 15.9 Å². The molecule has 3 rings (SSSR count). The van der Waals surface area contributed by atoms with Gasteiger partial charge in [-0.3, -0.25) is 4.79 Å². The normalized spacial score (nSPS) is 11.3. The van der Waals surface area contributed by atoms with Gasteiger partial charge in [-0.2, -0.15) is 9.78 Å². The van der Waals surface area contributed by atoms with Crippen LogP contribution in [0.3, 0.4) is 0 Å². The van der Waals surface area contributed by atoms with Crippen molar-refractivity contribution in [2.45, 2.75) is 20.8 Å². The summed E-state index contributed by atoms with van der Waals surface area (Å²) in [5, 5.41) is 4.85. The molecular formula is C20H20BrN3O3. The molecule has 0 radical (unpaired) electrons. The number of aromatic nitrogens is 2. The molecule has 0 aliphatic carbocycles. The van der Waals surface area contributed by atoms with Crippen LogP contribution in [0.25, 0.3) is 10.9 Å². The highest BCUT2D eigenvalue weighted by Gasteiger charge is 2.09. The van der Waals surface area contributed by atoms with Gasteiger partial charge in [-0.25, -0.2) is 4.98 Å². The maximum absolute atomic E-state index is 12.8. The summed E-state index contributed by atoms with van der Waals surface area (Å²) >= 11 is 3.39. The molecule has 2 aromatic carbocycles. The third-order valence-electron chi connectivity index (χ3n) is 3.86. The van der Waals surface area contributed by atoms with E-state index in [9.17, 15) is 4.79 Å². The quantitative estimate of drug-likeness (QED) is 0.552. The van der Waals surface area contributed by atoms with Gasteiger partial charge in [0.15, 0.2) is 11.5 Å². The minimum atomic E-state index is -0.217. The minimum Gasteiger partial charge on any atom is -0.490 e. The molecular weight excluding hydrogens is 410 g/mol. The lowest BCUT2D eigenvalue weighted by Crippen LogP contribution is -2.20. The van der Waals surface area contributed by atoms with Gasteiger partial charge in [0.1, 0.15) is 5.82 Å². The molecule has 0 fully saturated rings. The van der Waals surface area contributed by atoms with Gasteiger partial charge >= 0.3 is 0 Å². The lowest BCUT2D eigenvalue weighted by atomic mass is 10.2. The molecule has 0 bridgehead atoms. The Morgan fingerprint density at radius 1 is 1.11 bits per heavy atom. The largest absolute Gasteiger partial charge is 0.490 e. The summed E-state index contributed by atoms with van der Waals surface area (Å²) in [4.78, 5) is 17.2. The van der Waals surface area contributed by atoms with Crippen LogP contribution < -0.4 is 15.0 Å². The Labute approximate surface area is 165 Å². The van der Waals surface area contributed by atoms with Crippen LogP contribution in [0.1, 0.15) is 25.2 Å². The predicted molar refractivity (Wildman–Crippen MR) is 110 cm³/mol. The van der Waals surface area contributed by atoms with E-state index in [1.807, 2.05) is 44.2 Å². The standard InChI is InChI=1S/C20H20BrN3O3/c1-4-26-18-9-6-14(10-19(18)27-5-2)12-22-24-13(3)23-17-8-7-15(21)11-16(17)20(24)25/h6-12H,4-5H2,1-3H3. The Kier molecular flexibility index (Phi) is 5.91.